The quantitative estimate of drug-likeness (QED) is 0.492. The van der Waals surface area contributed by atoms with Crippen LogP contribution in [-0.2, 0) is 0 Å². The molecule has 1 heterocycles. The summed E-state index contributed by atoms with van der Waals surface area (Å²) in [6.07, 6.45) is 3.14. The molecule has 0 radical (unpaired) electrons. The molecule has 0 aliphatic rings. The monoisotopic (exact) mass is 381 g/mol. The Morgan fingerprint density at radius 2 is 1.66 bits per heavy atom. The summed E-state index contributed by atoms with van der Waals surface area (Å²) >= 11 is 0. The number of nitriles is 1. The van der Waals surface area contributed by atoms with Crippen LogP contribution in [0.15, 0.2) is 75.9 Å². The van der Waals surface area contributed by atoms with Crippen LogP contribution in [0, 0.1) is 11.3 Å². The third-order valence-corrected chi connectivity index (χ3v) is 4.59. The first kappa shape index (κ1) is 18.1. The summed E-state index contributed by atoms with van der Waals surface area (Å²) in [6, 6.07) is 20.3. The average molecular weight is 381 g/mol. The van der Waals surface area contributed by atoms with E-state index in [1.54, 1.807) is 72.8 Å². The van der Waals surface area contributed by atoms with Crippen molar-refractivity contribution >= 4 is 23.1 Å². The molecule has 0 aliphatic carbocycles. The lowest BCUT2D eigenvalue weighted by Crippen LogP contribution is -2.07. The zero-order valence-corrected chi connectivity index (χ0v) is 15.2. The Morgan fingerprint density at radius 1 is 0.897 bits per heavy atom. The topological polar surface area (TPSA) is 94.5 Å². The molecule has 0 saturated carbocycles. The van der Waals surface area contributed by atoms with Crippen molar-refractivity contribution in [3.8, 4) is 28.7 Å². The molecule has 1 aromatic heterocycles. The lowest BCUT2D eigenvalue weighted by atomic mass is 10.00. The highest BCUT2D eigenvalue weighted by atomic mass is 16.3. The molecule has 2 N–H and O–H groups in total. The Morgan fingerprint density at radius 3 is 2.41 bits per heavy atom. The number of hydrogen-bond acceptors (Lipinski definition) is 5. The van der Waals surface area contributed by atoms with E-state index < -0.39 is 0 Å². The number of nitrogens with zero attached hydrogens (tertiary/aromatic N) is 1. The molecule has 3 aromatic carbocycles. The molecule has 0 fully saturated rings. The van der Waals surface area contributed by atoms with Crippen molar-refractivity contribution in [2.24, 2.45) is 0 Å². The Bertz CT molecular complexity index is 1340. The maximum absolute atomic E-state index is 13.2. The summed E-state index contributed by atoms with van der Waals surface area (Å²) in [4.78, 5) is 13.2. The molecule has 0 atom stereocenters. The molecule has 0 bridgehead atoms. The predicted molar refractivity (Wildman–Crippen MR) is 111 cm³/mol. The van der Waals surface area contributed by atoms with E-state index in [4.69, 9.17) is 9.68 Å². The third kappa shape index (κ3) is 3.35. The van der Waals surface area contributed by atoms with Gasteiger partial charge in [-0.3, -0.25) is 4.79 Å². The van der Waals surface area contributed by atoms with Crippen LogP contribution in [0.25, 0.3) is 34.2 Å². The number of rotatable bonds is 3. The van der Waals surface area contributed by atoms with Gasteiger partial charge in [-0.15, -0.1) is 0 Å². The number of aromatic hydroxyl groups is 2. The van der Waals surface area contributed by atoms with Crippen LogP contribution in [0.2, 0.25) is 0 Å². The molecule has 140 valence electrons. The zero-order chi connectivity index (χ0) is 20.4. The average Bonchev–Trinajstić information content (AvgIpc) is 2.75. The minimum atomic E-state index is -0.258. The molecule has 0 spiro atoms. The second-order valence-corrected chi connectivity index (χ2v) is 6.40. The maximum Gasteiger partial charge on any atom is 0.201 e. The maximum atomic E-state index is 13.2. The number of fused-ring (bicyclic) bond motifs is 1. The number of phenols is 2. The van der Waals surface area contributed by atoms with Crippen molar-refractivity contribution in [2.75, 3.05) is 0 Å². The fourth-order valence-electron chi connectivity index (χ4n) is 3.11. The molecule has 0 amide bonds. The fourth-order valence-corrected chi connectivity index (χ4v) is 3.11. The highest BCUT2D eigenvalue weighted by Crippen LogP contribution is 2.31. The van der Waals surface area contributed by atoms with Crippen LogP contribution in [-0.4, -0.2) is 10.2 Å². The van der Waals surface area contributed by atoms with Gasteiger partial charge in [-0.2, -0.15) is 5.26 Å². The van der Waals surface area contributed by atoms with E-state index >= 15 is 0 Å². The van der Waals surface area contributed by atoms with Crippen molar-refractivity contribution in [1.29, 1.82) is 5.26 Å². The lowest BCUT2D eigenvalue weighted by Gasteiger charge is -2.08. The number of phenolic OH excluding ortho intramolecular Hbond substituents is 2. The van der Waals surface area contributed by atoms with E-state index in [9.17, 15) is 15.0 Å². The summed E-state index contributed by atoms with van der Waals surface area (Å²) < 4.78 is 5.98. The van der Waals surface area contributed by atoms with Crippen LogP contribution < -0.4 is 5.43 Å². The second kappa shape index (κ2) is 7.37. The molecule has 0 unspecified atom stereocenters. The Labute approximate surface area is 166 Å². The van der Waals surface area contributed by atoms with E-state index in [-0.39, 0.29) is 16.9 Å². The van der Waals surface area contributed by atoms with Gasteiger partial charge in [0, 0.05) is 5.56 Å². The molecule has 29 heavy (non-hydrogen) atoms. The van der Waals surface area contributed by atoms with Gasteiger partial charge in [0.15, 0.2) is 11.5 Å². The number of para-hydroxylation sites is 2. The van der Waals surface area contributed by atoms with Crippen molar-refractivity contribution in [3.05, 3.63) is 93.8 Å². The van der Waals surface area contributed by atoms with Crippen LogP contribution in [0.3, 0.4) is 0 Å². The first-order valence-corrected chi connectivity index (χ1v) is 8.84. The van der Waals surface area contributed by atoms with Gasteiger partial charge in [-0.05, 0) is 48.0 Å². The van der Waals surface area contributed by atoms with Gasteiger partial charge in [-0.25, -0.2) is 0 Å². The zero-order valence-electron chi connectivity index (χ0n) is 15.2. The molecule has 0 aliphatic heterocycles. The van der Waals surface area contributed by atoms with E-state index in [0.717, 1.165) is 0 Å². The van der Waals surface area contributed by atoms with Gasteiger partial charge in [0.1, 0.15) is 11.3 Å². The minimum Gasteiger partial charge on any atom is -0.504 e. The highest BCUT2D eigenvalue weighted by molar-refractivity contribution is 5.87. The van der Waals surface area contributed by atoms with Crippen LogP contribution in [0.4, 0.5) is 0 Å². The van der Waals surface area contributed by atoms with Crippen LogP contribution in [0.5, 0.6) is 11.5 Å². The Kier molecular flexibility index (Phi) is 4.60. The number of benzene rings is 3. The minimum absolute atomic E-state index is 0.198. The van der Waals surface area contributed by atoms with Crippen molar-refractivity contribution < 1.29 is 14.6 Å². The van der Waals surface area contributed by atoms with Gasteiger partial charge in [0.2, 0.25) is 5.43 Å². The molecular formula is C24H15NO4. The van der Waals surface area contributed by atoms with E-state index in [1.807, 2.05) is 0 Å². The predicted octanol–water partition coefficient (Wildman–Crippen LogP) is 4.91. The van der Waals surface area contributed by atoms with Gasteiger partial charge in [0.05, 0.1) is 22.6 Å². The van der Waals surface area contributed by atoms with Crippen LogP contribution in [0.1, 0.15) is 16.9 Å². The van der Waals surface area contributed by atoms with Gasteiger partial charge in [-0.1, -0.05) is 36.4 Å². The van der Waals surface area contributed by atoms with Crippen molar-refractivity contribution in [1.82, 2.24) is 0 Å². The molecule has 4 aromatic rings. The Balaban J connectivity index is 1.94. The summed E-state index contributed by atoms with van der Waals surface area (Å²) in [5, 5.41) is 29.2. The van der Waals surface area contributed by atoms with Crippen LogP contribution >= 0.6 is 0 Å². The standard InChI is InChI=1S/C24H15NO4/c25-14-15-8-10-16(11-9-15)22-21(13-12-17-4-3-6-19(26)23(17)27)29-20-7-2-1-5-18(20)24(22)28/h1-13,26-27H/b13-12+. The normalized spacial score (nSPS) is 11.0. The van der Waals surface area contributed by atoms with Gasteiger partial charge >= 0.3 is 0 Å². The van der Waals surface area contributed by atoms with Gasteiger partial charge < -0.3 is 14.6 Å². The van der Waals surface area contributed by atoms with Crippen molar-refractivity contribution in [2.45, 2.75) is 0 Å². The summed E-state index contributed by atoms with van der Waals surface area (Å²) in [5.74, 6) is -0.188. The first-order valence-electron chi connectivity index (χ1n) is 8.84. The highest BCUT2D eigenvalue weighted by Gasteiger charge is 2.15. The molecular weight excluding hydrogens is 366 g/mol. The molecule has 5 nitrogen and oxygen atoms in total. The lowest BCUT2D eigenvalue weighted by molar-refractivity contribution is 0.403. The smallest absolute Gasteiger partial charge is 0.201 e. The molecule has 0 saturated heterocycles. The van der Waals surface area contributed by atoms with E-state index in [2.05, 4.69) is 6.07 Å². The first-order chi connectivity index (χ1) is 14.1. The summed E-state index contributed by atoms with van der Waals surface area (Å²) in [6.45, 7) is 0. The third-order valence-electron chi connectivity index (χ3n) is 4.59. The summed E-state index contributed by atoms with van der Waals surface area (Å²) in [5.41, 5.74) is 2.07. The largest absolute Gasteiger partial charge is 0.504 e. The number of hydrogen-bond donors (Lipinski definition) is 2. The van der Waals surface area contributed by atoms with Gasteiger partial charge in [0.25, 0.3) is 0 Å². The molecule has 4 rings (SSSR count). The Hall–Kier alpha value is -4.30. The van der Waals surface area contributed by atoms with E-state index in [0.29, 0.717) is 39.0 Å². The SMILES string of the molecule is N#Cc1ccc(-c2c(/C=C/c3cccc(O)c3O)oc3ccccc3c2=O)cc1. The van der Waals surface area contributed by atoms with E-state index in [1.165, 1.54) is 6.07 Å². The second-order valence-electron chi connectivity index (χ2n) is 6.40. The summed E-state index contributed by atoms with van der Waals surface area (Å²) in [7, 11) is 0. The fraction of sp³-hybridized carbons (Fsp3) is 0. The van der Waals surface area contributed by atoms with Crippen molar-refractivity contribution in [3.63, 3.8) is 0 Å². The molecule has 5 heteroatoms.